The molecule has 4 heteroatoms. The molecule has 1 saturated carbocycles. The Bertz CT molecular complexity index is 361. The van der Waals surface area contributed by atoms with E-state index in [1.165, 1.54) is 12.8 Å². The monoisotopic (exact) mass is 224 g/mol. The summed E-state index contributed by atoms with van der Waals surface area (Å²) in [5.41, 5.74) is 0. The van der Waals surface area contributed by atoms with E-state index < -0.39 is 0 Å². The summed E-state index contributed by atoms with van der Waals surface area (Å²) in [6.07, 6.45) is 4.25. The van der Waals surface area contributed by atoms with Gasteiger partial charge in [0.1, 0.15) is 6.61 Å². The van der Waals surface area contributed by atoms with E-state index in [9.17, 15) is 0 Å². The predicted molar refractivity (Wildman–Crippen MR) is 58.2 cm³/mol. The van der Waals surface area contributed by atoms with Gasteiger partial charge in [-0.15, -0.1) is 0 Å². The Hall–Kier alpha value is -0.800. The summed E-state index contributed by atoms with van der Waals surface area (Å²) < 4.78 is 5.63. The van der Waals surface area contributed by atoms with Crippen LogP contribution in [0, 0.1) is 5.92 Å². The maximum absolute atomic E-state index is 5.89. The molecule has 0 radical (unpaired) electrons. The highest BCUT2D eigenvalue weighted by molar-refractivity contribution is 6.30. The molecule has 1 aromatic heterocycles. The Morgan fingerprint density at radius 2 is 2.47 bits per heavy atom. The van der Waals surface area contributed by atoms with Crippen molar-refractivity contribution in [3.63, 3.8) is 0 Å². The third-order valence-electron chi connectivity index (χ3n) is 3.12. The second kappa shape index (κ2) is 3.65. The molecule has 1 aromatic rings. The highest BCUT2D eigenvalue weighted by Crippen LogP contribution is 2.40. The van der Waals surface area contributed by atoms with Crippen LogP contribution in [0.3, 0.4) is 0 Å². The first-order chi connectivity index (χ1) is 7.33. The molecule has 80 valence electrons. The first-order valence-electron chi connectivity index (χ1n) is 5.32. The molecule has 0 bridgehead atoms. The number of nitrogens with one attached hydrogen (secondary N) is 1. The predicted octanol–water partition coefficient (Wildman–Crippen LogP) is 1.86. The second-order valence-electron chi connectivity index (χ2n) is 4.30. The normalized spacial score (nSPS) is 32.5. The van der Waals surface area contributed by atoms with E-state index in [0.29, 0.717) is 23.6 Å². The quantitative estimate of drug-likeness (QED) is 0.796. The maximum Gasteiger partial charge on any atom is 0.171 e. The number of ether oxygens (including phenoxy) is 1. The molecule has 2 aliphatic rings. The van der Waals surface area contributed by atoms with Crippen LogP contribution in [0.5, 0.6) is 5.75 Å². The SMILES string of the molecule is Clc1ncccc1OC[C@@H]1C[C@@H]2C[C@@H]2N1. The molecule has 0 amide bonds. The Balaban J connectivity index is 1.55. The standard InChI is InChI=1S/C11H13ClN2O/c12-11-10(2-1-3-13-11)15-6-8-4-7-5-9(7)14-8/h1-3,7-9,14H,4-6H2/t7-,8+,9+/m1/s1. The van der Waals surface area contributed by atoms with Gasteiger partial charge in [-0.1, -0.05) is 11.6 Å². The fraction of sp³-hybridized carbons (Fsp3) is 0.545. The number of halogens is 1. The smallest absolute Gasteiger partial charge is 0.171 e. The van der Waals surface area contributed by atoms with Gasteiger partial charge in [0.25, 0.3) is 0 Å². The molecule has 1 aliphatic heterocycles. The van der Waals surface area contributed by atoms with Crippen LogP contribution in [0.25, 0.3) is 0 Å². The molecule has 1 N–H and O–H groups in total. The fourth-order valence-electron chi connectivity index (χ4n) is 2.23. The first kappa shape index (κ1) is 9.43. The third-order valence-corrected chi connectivity index (χ3v) is 3.41. The van der Waals surface area contributed by atoms with Crippen LogP contribution in [0.2, 0.25) is 5.15 Å². The Morgan fingerprint density at radius 3 is 3.20 bits per heavy atom. The van der Waals surface area contributed by atoms with Gasteiger partial charge in [0.05, 0.1) is 0 Å². The molecule has 1 aliphatic carbocycles. The van der Waals surface area contributed by atoms with Crippen LogP contribution in [-0.4, -0.2) is 23.7 Å². The van der Waals surface area contributed by atoms with Gasteiger partial charge in [-0.3, -0.25) is 0 Å². The largest absolute Gasteiger partial charge is 0.489 e. The molecule has 2 fully saturated rings. The van der Waals surface area contributed by atoms with E-state index in [4.69, 9.17) is 16.3 Å². The van der Waals surface area contributed by atoms with Crippen LogP contribution >= 0.6 is 11.6 Å². The molecule has 0 spiro atoms. The Labute approximate surface area is 93.8 Å². The topological polar surface area (TPSA) is 34.1 Å². The molecular formula is C11H13ClN2O. The molecule has 0 aromatic carbocycles. The fourth-order valence-corrected chi connectivity index (χ4v) is 2.41. The third kappa shape index (κ3) is 1.94. The van der Waals surface area contributed by atoms with Gasteiger partial charge in [-0.05, 0) is 30.9 Å². The van der Waals surface area contributed by atoms with E-state index in [1.54, 1.807) is 6.20 Å². The van der Waals surface area contributed by atoms with Crippen molar-refractivity contribution in [2.45, 2.75) is 24.9 Å². The first-order valence-corrected chi connectivity index (χ1v) is 5.70. The van der Waals surface area contributed by atoms with Crippen LogP contribution in [0.1, 0.15) is 12.8 Å². The lowest BCUT2D eigenvalue weighted by Crippen LogP contribution is -2.31. The summed E-state index contributed by atoms with van der Waals surface area (Å²) in [6.45, 7) is 0.693. The summed E-state index contributed by atoms with van der Waals surface area (Å²) in [4.78, 5) is 3.97. The zero-order valence-electron chi connectivity index (χ0n) is 8.32. The maximum atomic E-state index is 5.89. The van der Waals surface area contributed by atoms with Crippen molar-refractivity contribution in [1.82, 2.24) is 10.3 Å². The molecular weight excluding hydrogens is 212 g/mol. The van der Waals surface area contributed by atoms with Crippen molar-refractivity contribution in [3.8, 4) is 5.75 Å². The van der Waals surface area contributed by atoms with E-state index >= 15 is 0 Å². The summed E-state index contributed by atoms with van der Waals surface area (Å²) in [6, 6.07) is 4.94. The highest BCUT2D eigenvalue weighted by atomic mass is 35.5. The molecule has 0 unspecified atom stereocenters. The number of rotatable bonds is 3. The Kier molecular flexibility index (Phi) is 2.29. The summed E-state index contributed by atoms with van der Waals surface area (Å²) in [5, 5.41) is 3.97. The minimum absolute atomic E-state index is 0.445. The van der Waals surface area contributed by atoms with Gasteiger partial charge in [0, 0.05) is 18.3 Å². The van der Waals surface area contributed by atoms with Crippen molar-refractivity contribution in [2.24, 2.45) is 5.92 Å². The minimum atomic E-state index is 0.445. The molecule has 2 heterocycles. The van der Waals surface area contributed by atoms with Gasteiger partial charge < -0.3 is 10.1 Å². The molecule has 3 rings (SSSR count). The molecule has 1 saturated heterocycles. The Morgan fingerprint density at radius 1 is 1.53 bits per heavy atom. The second-order valence-corrected chi connectivity index (χ2v) is 4.66. The number of aromatic nitrogens is 1. The van der Waals surface area contributed by atoms with Crippen molar-refractivity contribution >= 4 is 11.6 Å². The van der Waals surface area contributed by atoms with Crippen molar-refractivity contribution < 1.29 is 4.74 Å². The number of hydrogen-bond acceptors (Lipinski definition) is 3. The molecule has 3 atom stereocenters. The molecule has 15 heavy (non-hydrogen) atoms. The van der Waals surface area contributed by atoms with Crippen LogP contribution in [-0.2, 0) is 0 Å². The minimum Gasteiger partial charge on any atom is -0.489 e. The number of hydrogen-bond donors (Lipinski definition) is 1. The van der Waals surface area contributed by atoms with E-state index in [-0.39, 0.29) is 0 Å². The van der Waals surface area contributed by atoms with E-state index in [1.807, 2.05) is 12.1 Å². The summed E-state index contributed by atoms with van der Waals surface area (Å²) >= 11 is 5.89. The van der Waals surface area contributed by atoms with Crippen LogP contribution < -0.4 is 10.1 Å². The van der Waals surface area contributed by atoms with Crippen molar-refractivity contribution in [1.29, 1.82) is 0 Å². The van der Waals surface area contributed by atoms with Crippen molar-refractivity contribution in [3.05, 3.63) is 23.5 Å². The van der Waals surface area contributed by atoms with Gasteiger partial charge in [-0.25, -0.2) is 4.98 Å². The summed E-state index contributed by atoms with van der Waals surface area (Å²) in [7, 11) is 0. The van der Waals surface area contributed by atoms with Gasteiger partial charge in [0.2, 0.25) is 0 Å². The van der Waals surface area contributed by atoms with Crippen LogP contribution in [0.15, 0.2) is 18.3 Å². The highest BCUT2D eigenvalue weighted by Gasteiger charge is 2.45. The zero-order valence-corrected chi connectivity index (χ0v) is 9.07. The lowest BCUT2D eigenvalue weighted by molar-refractivity contribution is 0.267. The van der Waals surface area contributed by atoms with E-state index in [2.05, 4.69) is 10.3 Å². The summed E-state index contributed by atoms with van der Waals surface area (Å²) in [5.74, 6) is 1.59. The number of piperidine rings is 1. The lowest BCUT2D eigenvalue weighted by atomic mass is 10.2. The van der Waals surface area contributed by atoms with Gasteiger partial charge >= 0.3 is 0 Å². The molecule has 3 nitrogen and oxygen atoms in total. The number of nitrogens with zero attached hydrogens (tertiary/aromatic N) is 1. The van der Waals surface area contributed by atoms with Crippen LogP contribution in [0.4, 0.5) is 0 Å². The number of fused-ring (bicyclic) bond motifs is 1. The average molecular weight is 225 g/mol. The number of pyridine rings is 1. The average Bonchev–Trinajstić information content (AvgIpc) is 2.85. The lowest BCUT2D eigenvalue weighted by Gasteiger charge is -2.14. The van der Waals surface area contributed by atoms with Gasteiger partial charge in [-0.2, -0.15) is 0 Å². The van der Waals surface area contributed by atoms with Crippen molar-refractivity contribution in [2.75, 3.05) is 6.61 Å². The van der Waals surface area contributed by atoms with E-state index in [0.717, 1.165) is 12.0 Å². The van der Waals surface area contributed by atoms with Gasteiger partial charge in [0.15, 0.2) is 10.9 Å². The zero-order chi connectivity index (χ0) is 10.3.